The van der Waals surface area contributed by atoms with Crippen LogP contribution in [0, 0.1) is 0 Å². The lowest BCUT2D eigenvalue weighted by molar-refractivity contribution is 0.261. The zero-order valence-corrected chi connectivity index (χ0v) is 24.0. The maximum atomic E-state index is 12.3. The van der Waals surface area contributed by atoms with Crippen molar-refractivity contribution in [3.63, 3.8) is 0 Å². The summed E-state index contributed by atoms with van der Waals surface area (Å²) in [6, 6.07) is 9.58. The zero-order chi connectivity index (χ0) is 30.2. The molecule has 2 aromatic carbocycles. The van der Waals surface area contributed by atoms with Crippen LogP contribution in [0.25, 0.3) is 0 Å². The smallest absolute Gasteiger partial charge is 0.367 e. The molecule has 17 nitrogen and oxygen atoms in total. The van der Waals surface area contributed by atoms with Gasteiger partial charge in [-0.2, -0.15) is 35.5 Å². The first-order valence-electron chi connectivity index (χ1n) is 10.5. The van der Waals surface area contributed by atoms with Crippen LogP contribution in [0.5, 0.6) is 0 Å². The van der Waals surface area contributed by atoms with Crippen LogP contribution >= 0.6 is 11.6 Å². The highest BCUT2D eigenvalue weighted by Gasteiger charge is 2.20. The molecule has 0 heterocycles. The Bertz CT molecular complexity index is 1590. The van der Waals surface area contributed by atoms with Gasteiger partial charge in [-0.1, -0.05) is 11.6 Å². The van der Waals surface area contributed by atoms with Crippen LogP contribution in [0.15, 0.2) is 57.6 Å². The largest absolute Gasteiger partial charge is 0.397 e. The van der Waals surface area contributed by atoms with E-state index >= 15 is 0 Å². The van der Waals surface area contributed by atoms with Crippen LogP contribution in [0.4, 0.5) is 17.1 Å². The number of sulfone groups is 1. The molecular formula is C18H22ClN3O14S4. The fraction of sp³-hybridized carbons (Fsp3) is 0.333. The molecule has 0 atom stereocenters. The molecule has 0 spiro atoms. The molecule has 0 saturated carbocycles. The Hall–Kier alpha value is -2.31. The summed E-state index contributed by atoms with van der Waals surface area (Å²) < 4.78 is 127. The summed E-state index contributed by atoms with van der Waals surface area (Å²) in [6.45, 7) is -2.08. The van der Waals surface area contributed by atoms with Crippen molar-refractivity contribution < 1.29 is 59.9 Å². The molecule has 3 N–H and O–H groups in total. The minimum absolute atomic E-state index is 0.134. The third kappa shape index (κ3) is 12.9. The van der Waals surface area contributed by atoms with Crippen LogP contribution < -0.4 is 4.90 Å². The fourth-order valence-electron chi connectivity index (χ4n) is 2.88. The van der Waals surface area contributed by atoms with Gasteiger partial charge in [-0.3, -0.25) is 13.7 Å². The molecule has 2 aromatic rings. The van der Waals surface area contributed by atoms with Gasteiger partial charge in [-0.25, -0.2) is 21.0 Å². The molecule has 22 heteroatoms. The fourth-order valence-corrected chi connectivity index (χ4v) is 5.54. The summed E-state index contributed by atoms with van der Waals surface area (Å²) in [5, 5.41) is 7.71. The normalized spacial score (nSPS) is 13.1. The van der Waals surface area contributed by atoms with E-state index in [4.69, 9.17) is 25.3 Å². The van der Waals surface area contributed by atoms with E-state index in [2.05, 4.69) is 22.8 Å². The van der Waals surface area contributed by atoms with Crippen molar-refractivity contribution in [3.05, 3.63) is 47.5 Å². The van der Waals surface area contributed by atoms with Gasteiger partial charge in [0.1, 0.15) is 0 Å². The van der Waals surface area contributed by atoms with Gasteiger partial charge >= 0.3 is 31.2 Å². The van der Waals surface area contributed by atoms with E-state index in [9.17, 15) is 33.7 Å². The van der Waals surface area contributed by atoms with Gasteiger partial charge < -0.3 is 4.90 Å². The van der Waals surface area contributed by atoms with Gasteiger partial charge in [-0.05, 0) is 42.5 Å². The van der Waals surface area contributed by atoms with E-state index < -0.39 is 66.6 Å². The van der Waals surface area contributed by atoms with E-state index in [1.807, 2.05) is 0 Å². The molecule has 0 unspecified atom stereocenters. The molecule has 0 aromatic heterocycles. The lowest BCUT2D eigenvalue weighted by Crippen LogP contribution is -2.32. The second-order valence-corrected chi connectivity index (χ2v) is 13.1. The second kappa shape index (κ2) is 14.0. The van der Waals surface area contributed by atoms with Crippen molar-refractivity contribution in [2.24, 2.45) is 10.2 Å². The lowest BCUT2D eigenvalue weighted by Gasteiger charge is -2.24. The van der Waals surface area contributed by atoms with Crippen molar-refractivity contribution in [3.8, 4) is 0 Å². The van der Waals surface area contributed by atoms with Crippen LogP contribution in [0.1, 0.15) is 0 Å². The van der Waals surface area contributed by atoms with Crippen molar-refractivity contribution in [1.82, 2.24) is 0 Å². The maximum absolute atomic E-state index is 12.3. The highest BCUT2D eigenvalue weighted by Crippen LogP contribution is 2.29. The highest BCUT2D eigenvalue weighted by atomic mass is 35.5. The van der Waals surface area contributed by atoms with Gasteiger partial charge in [0, 0.05) is 18.8 Å². The maximum Gasteiger partial charge on any atom is 0.397 e. The van der Waals surface area contributed by atoms with Gasteiger partial charge in [0.2, 0.25) is 0 Å². The summed E-state index contributed by atoms with van der Waals surface area (Å²) in [7, 11) is -18.3. The van der Waals surface area contributed by atoms with Crippen molar-refractivity contribution >= 4 is 69.7 Å². The molecule has 0 amide bonds. The predicted molar refractivity (Wildman–Crippen MR) is 139 cm³/mol. The van der Waals surface area contributed by atoms with E-state index in [-0.39, 0.29) is 28.7 Å². The molecule has 0 fully saturated rings. The minimum Gasteiger partial charge on any atom is -0.367 e. The third-order valence-corrected chi connectivity index (χ3v) is 8.07. The molecule has 0 aliphatic rings. The Morgan fingerprint density at radius 3 is 1.60 bits per heavy atom. The standard InChI is InChI=1S/C18H22ClN3O14S4/c19-17-13-15(3-6-18(17)37(23,24)12-11-36-40(31,32)33)21-20-14-1-4-16(5-2-14)22(7-9-34-38(25,26)27)8-10-35-39(28,29)30/h1-6,13H,7-12H2,(H,25,26,27)(H,28,29,30)(H,31,32,33). The van der Waals surface area contributed by atoms with Crippen molar-refractivity contribution in [1.29, 1.82) is 0 Å². The number of azo groups is 1. The van der Waals surface area contributed by atoms with Gasteiger partial charge in [0.15, 0.2) is 9.84 Å². The van der Waals surface area contributed by atoms with E-state index in [0.29, 0.717) is 11.4 Å². The van der Waals surface area contributed by atoms with E-state index in [1.165, 1.54) is 41.3 Å². The Morgan fingerprint density at radius 2 is 1.12 bits per heavy atom. The van der Waals surface area contributed by atoms with Crippen LogP contribution in [-0.4, -0.2) is 86.0 Å². The molecule has 40 heavy (non-hydrogen) atoms. The number of benzene rings is 2. The average Bonchev–Trinajstić information content (AvgIpc) is 2.79. The number of hydrogen-bond donors (Lipinski definition) is 3. The second-order valence-electron chi connectivity index (χ2n) is 7.39. The van der Waals surface area contributed by atoms with Crippen LogP contribution in [-0.2, 0) is 53.6 Å². The van der Waals surface area contributed by atoms with E-state index in [0.717, 1.165) is 6.07 Å². The first kappa shape index (κ1) is 33.9. The van der Waals surface area contributed by atoms with E-state index in [1.54, 1.807) is 0 Å². The first-order valence-corrected chi connectivity index (χ1v) is 16.6. The summed E-state index contributed by atoms with van der Waals surface area (Å²) in [5.74, 6) is -0.777. The number of anilines is 1. The quantitative estimate of drug-likeness (QED) is 0.170. The SMILES string of the molecule is O=S(=O)(O)OCCN(CCOS(=O)(=O)O)c1ccc(N=Nc2ccc(S(=O)(=O)CCOS(=O)(=O)O)c(Cl)c2)cc1. The monoisotopic (exact) mass is 667 g/mol. The molecule has 0 saturated heterocycles. The van der Waals surface area contributed by atoms with Crippen molar-refractivity contribution in [2.75, 3.05) is 43.6 Å². The lowest BCUT2D eigenvalue weighted by atomic mass is 10.2. The summed E-state index contributed by atoms with van der Waals surface area (Å²) in [5.41, 5.74) is 0.892. The third-order valence-electron chi connectivity index (χ3n) is 4.52. The Kier molecular flexibility index (Phi) is 11.9. The first-order chi connectivity index (χ1) is 18.3. The average molecular weight is 668 g/mol. The van der Waals surface area contributed by atoms with Crippen molar-refractivity contribution in [2.45, 2.75) is 4.90 Å². The number of hydrogen-bond acceptors (Lipinski definition) is 14. The molecular weight excluding hydrogens is 646 g/mol. The minimum atomic E-state index is -4.81. The Morgan fingerprint density at radius 1 is 0.675 bits per heavy atom. The molecule has 224 valence electrons. The number of rotatable bonds is 16. The Balaban J connectivity index is 2.12. The topological polar surface area (TPSA) is 253 Å². The number of halogens is 1. The predicted octanol–water partition coefficient (Wildman–Crippen LogP) is 1.79. The molecule has 2 rings (SSSR count). The van der Waals surface area contributed by atoms with Gasteiger partial charge in [-0.15, -0.1) is 0 Å². The molecule has 0 aliphatic heterocycles. The van der Waals surface area contributed by atoms with Gasteiger partial charge in [0.05, 0.1) is 46.9 Å². The summed E-state index contributed by atoms with van der Waals surface area (Å²) >= 11 is 6.04. The molecule has 0 aliphatic carbocycles. The number of nitrogens with zero attached hydrogens (tertiary/aromatic N) is 3. The van der Waals surface area contributed by atoms with Crippen LogP contribution in [0.3, 0.4) is 0 Å². The zero-order valence-electron chi connectivity index (χ0n) is 20.0. The summed E-state index contributed by atoms with van der Waals surface area (Å²) in [6.07, 6.45) is 0. The van der Waals surface area contributed by atoms with Crippen LogP contribution in [0.2, 0.25) is 5.02 Å². The highest BCUT2D eigenvalue weighted by molar-refractivity contribution is 7.91. The summed E-state index contributed by atoms with van der Waals surface area (Å²) in [4.78, 5) is 1.10. The Labute approximate surface area is 235 Å². The molecule has 0 radical (unpaired) electrons. The van der Waals surface area contributed by atoms with Gasteiger partial charge in [0.25, 0.3) is 0 Å². The molecule has 0 bridgehead atoms.